The number of ether oxygens (including phenoxy) is 1. The van der Waals surface area contributed by atoms with Crippen molar-refractivity contribution in [1.29, 1.82) is 0 Å². The maximum absolute atomic E-state index is 11.5. The molecule has 0 rings (SSSR count). The zero-order chi connectivity index (χ0) is 16.1. The summed E-state index contributed by atoms with van der Waals surface area (Å²) in [6.45, 7) is 3.98. The normalized spacial score (nSPS) is 11.7. The van der Waals surface area contributed by atoms with Crippen LogP contribution in [-0.2, 0) is 14.3 Å². The van der Waals surface area contributed by atoms with Crippen molar-refractivity contribution in [3.63, 3.8) is 0 Å². The molecule has 21 heavy (non-hydrogen) atoms. The molecule has 0 saturated heterocycles. The zero-order valence-corrected chi connectivity index (χ0v) is 13.9. The van der Waals surface area contributed by atoms with Crippen LogP contribution in [0.4, 0.5) is 0 Å². The topological polar surface area (TPSA) is 95.4 Å². The summed E-state index contributed by atoms with van der Waals surface area (Å²) < 4.78 is 5.15. The number of allylic oxidation sites excluding steroid dienone is 1. The second kappa shape index (κ2) is 12.6. The third-order valence-corrected chi connectivity index (χ3v) is 4.20. The van der Waals surface area contributed by atoms with Crippen molar-refractivity contribution in [2.75, 3.05) is 18.1 Å². The molecular formula is C15H28N2O3S. The summed E-state index contributed by atoms with van der Waals surface area (Å²) in [7, 11) is 0. The van der Waals surface area contributed by atoms with Gasteiger partial charge in [-0.1, -0.05) is 6.92 Å². The minimum absolute atomic E-state index is 0.0175. The maximum atomic E-state index is 11.5. The smallest absolute Gasteiger partial charge is 0.305 e. The van der Waals surface area contributed by atoms with Crippen LogP contribution in [0.15, 0.2) is 11.9 Å². The lowest BCUT2D eigenvalue weighted by atomic mass is 9.96. The first kappa shape index (κ1) is 19.8. The fourth-order valence-corrected chi connectivity index (χ4v) is 2.63. The molecule has 1 unspecified atom stereocenters. The molecule has 0 bridgehead atoms. The highest BCUT2D eigenvalue weighted by molar-refractivity contribution is 7.99. The number of esters is 1. The van der Waals surface area contributed by atoms with Crippen molar-refractivity contribution < 1.29 is 14.3 Å². The fraction of sp³-hybridized carbons (Fsp3) is 0.733. The minimum atomic E-state index is -0.210. The number of carbonyl (C=O) groups excluding carboxylic acids is 2. The van der Waals surface area contributed by atoms with Crippen molar-refractivity contribution >= 4 is 23.5 Å². The lowest BCUT2D eigenvalue weighted by molar-refractivity contribution is -0.144. The van der Waals surface area contributed by atoms with Crippen LogP contribution < -0.4 is 11.5 Å². The fourth-order valence-electron chi connectivity index (χ4n) is 1.82. The number of ketones is 1. The van der Waals surface area contributed by atoms with Gasteiger partial charge >= 0.3 is 5.97 Å². The van der Waals surface area contributed by atoms with Crippen LogP contribution in [0.3, 0.4) is 0 Å². The van der Waals surface area contributed by atoms with Crippen LogP contribution >= 0.6 is 11.8 Å². The van der Waals surface area contributed by atoms with Gasteiger partial charge < -0.3 is 16.2 Å². The lowest BCUT2D eigenvalue weighted by Crippen LogP contribution is -2.14. The standard InChI is InChI=1S/C15H28N2O3S/c1-3-13(12(2)18)7-8-15(19)20-9-5-11-21-10-4-6-14(16)17/h6,13H,3-5,7-11,16-17H2,1-2H3. The zero-order valence-electron chi connectivity index (χ0n) is 13.1. The number of nitrogens with two attached hydrogens (primary N) is 2. The van der Waals surface area contributed by atoms with Crippen molar-refractivity contribution in [3.05, 3.63) is 11.9 Å². The van der Waals surface area contributed by atoms with Gasteiger partial charge in [-0.3, -0.25) is 9.59 Å². The van der Waals surface area contributed by atoms with Gasteiger partial charge in [-0.05, 0) is 50.2 Å². The van der Waals surface area contributed by atoms with Gasteiger partial charge in [-0.25, -0.2) is 0 Å². The van der Waals surface area contributed by atoms with Gasteiger partial charge in [-0.2, -0.15) is 11.8 Å². The molecule has 0 aliphatic heterocycles. The number of hydrogen-bond donors (Lipinski definition) is 2. The van der Waals surface area contributed by atoms with E-state index in [2.05, 4.69) is 0 Å². The Hall–Kier alpha value is -1.17. The molecule has 0 radical (unpaired) electrons. The Labute approximate surface area is 131 Å². The highest BCUT2D eigenvalue weighted by Gasteiger charge is 2.14. The number of carbonyl (C=O) groups is 2. The van der Waals surface area contributed by atoms with E-state index in [0.717, 1.165) is 30.8 Å². The largest absolute Gasteiger partial charge is 0.466 e. The van der Waals surface area contributed by atoms with Crippen LogP contribution in [0.1, 0.15) is 46.0 Å². The highest BCUT2D eigenvalue weighted by Crippen LogP contribution is 2.12. The van der Waals surface area contributed by atoms with E-state index in [1.165, 1.54) is 0 Å². The number of rotatable bonds is 12. The van der Waals surface area contributed by atoms with Crippen LogP contribution in [-0.4, -0.2) is 29.9 Å². The van der Waals surface area contributed by atoms with Gasteiger partial charge in [-0.15, -0.1) is 0 Å². The van der Waals surface area contributed by atoms with E-state index in [0.29, 0.717) is 25.3 Å². The molecule has 0 amide bonds. The lowest BCUT2D eigenvalue weighted by Gasteiger charge is -2.10. The summed E-state index contributed by atoms with van der Waals surface area (Å²) >= 11 is 1.78. The SMILES string of the molecule is CCC(CCC(=O)OCCCSCCC=C(N)N)C(C)=O. The van der Waals surface area contributed by atoms with Gasteiger partial charge in [0, 0.05) is 12.3 Å². The van der Waals surface area contributed by atoms with Crippen LogP contribution in [0.25, 0.3) is 0 Å². The van der Waals surface area contributed by atoms with E-state index in [-0.39, 0.29) is 17.7 Å². The molecule has 0 spiro atoms. The Balaban J connectivity index is 3.50. The van der Waals surface area contributed by atoms with Crippen LogP contribution in [0.2, 0.25) is 0 Å². The molecule has 0 aliphatic carbocycles. The van der Waals surface area contributed by atoms with Gasteiger partial charge in [0.1, 0.15) is 5.78 Å². The molecule has 122 valence electrons. The monoisotopic (exact) mass is 316 g/mol. The molecule has 0 aromatic heterocycles. The van der Waals surface area contributed by atoms with Gasteiger partial charge in [0.25, 0.3) is 0 Å². The third-order valence-electron chi connectivity index (χ3n) is 3.10. The van der Waals surface area contributed by atoms with Crippen molar-refractivity contribution in [2.45, 2.75) is 46.0 Å². The summed E-state index contributed by atoms with van der Waals surface area (Å²) in [6.07, 6.45) is 5.18. The van der Waals surface area contributed by atoms with Crippen LogP contribution in [0.5, 0.6) is 0 Å². The quantitative estimate of drug-likeness (QED) is 0.423. The van der Waals surface area contributed by atoms with E-state index in [1.807, 2.05) is 6.92 Å². The van der Waals surface area contributed by atoms with Gasteiger partial charge in [0.05, 0.1) is 12.4 Å². The minimum Gasteiger partial charge on any atom is -0.466 e. The molecular weight excluding hydrogens is 288 g/mol. The number of hydrogen-bond acceptors (Lipinski definition) is 6. The Kier molecular flexibility index (Phi) is 11.9. The molecule has 6 heteroatoms. The molecule has 4 N–H and O–H groups in total. The second-order valence-corrected chi connectivity index (χ2v) is 6.16. The van der Waals surface area contributed by atoms with E-state index < -0.39 is 0 Å². The van der Waals surface area contributed by atoms with Crippen LogP contribution in [0, 0.1) is 5.92 Å². The predicted molar refractivity (Wildman–Crippen MR) is 87.7 cm³/mol. The van der Waals surface area contributed by atoms with E-state index in [9.17, 15) is 9.59 Å². The first-order valence-electron chi connectivity index (χ1n) is 7.42. The molecule has 0 aromatic carbocycles. The molecule has 1 atom stereocenters. The average molecular weight is 316 g/mol. The molecule has 0 aliphatic rings. The summed E-state index contributed by atoms with van der Waals surface area (Å²) in [6, 6.07) is 0. The van der Waals surface area contributed by atoms with Crippen molar-refractivity contribution in [1.82, 2.24) is 0 Å². The van der Waals surface area contributed by atoms with E-state index >= 15 is 0 Å². The van der Waals surface area contributed by atoms with Crippen molar-refractivity contribution in [3.8, 4) is 0 Å². The van der Waals surface area contributed by atoms with E-state index in [4.69, 9.17) is 16.2 Å². The highest BCUT2D eigenvalue weighted by atomic mass is 32.2. The van der Waals surface area contributed by atoms with Crippen molar-refractivity contribution in [2.24, 2.45) is 17.4 Å². The first-order valence-corrected chi connectivity index (χ1v) is 8.57. The molecule has 5 nitrogen and oxygen atoms in total. The molecule has 0 saturated carbocycles. The Morgan fingerprint density at radius 2 is 2.00 bits per heavy atom. The Morgan fingerprint density at radius 1 is 1.29 bits per heavy atom. The van der Waals surface area contributed by atoms with Gasteiger partial charge in [0.15, 0.2) is 0 Å². The Morgan fingerprint density at radius 3 is 2.57 bits per heavy atom. The number of thioether (sulfide) groups is 1. The average Bonchev–Trinajstić information content (AvgIpc) is 2.41. The first-order chi connectivity index (χ1) is 9.97. The van der Waals surface area contributed by atoms with E-state index in [1.54, 1.807) is 24.8 Å². The molecule has 0 heterocycles. The summed E-state index contributed by atoms with van der Waals surface area (Å²) in [5, 5.41) is 0. The third kappa shape index (κ3) is 12.3. The predicted octanol–water partition coefficient (Wildman–Crippen LogP) is 2.20. The second-order valence-electron chi connectivity index (χ2n) is 4.93. The summed E-state index contributed by atoms with van der Waals surface area (Å²) in [4.78, 5) is 22.8. The molecule has 0 fully saturated rings. The molecule has 0 aromatic rings. The summed E-state index contributed by atoms with van der Waals surface area (Å²) in [5.74, 6) is 2.18. The van der Waals surface area contributed by atoms with Gasteiger partial charge in [0.2, 0.25) is 0 Å². The number of Topliss-reactive ketones (excluding diaryl/α,β-unsaturated/α-hetero) is 1. The Bertz CT molecular complexity index is 342. The maximum Gasteiger partial charge on any atom is 0.305 e. The summed E-state index contributed by atoms with van der Waals surface area (Å²) in [5.41, 5.74) is 10.6.